The van der Waals surface area contributed by atoms with Crippen LogP contribution in [-0.4, -0.2) is 6.04 Å². The van der Waals surface area contributed by atoms with Crippen LogP contribution in [0, 0.1) is 0 Å². The highest BCUT2D eigenvalue weighted by Crippen LogP contribution is 2.21. The third-order valence-electron chi connectivity index (χ3n) is 2.84. The Morgan fingerprint density at radius 2 is 2.23 bits per heavy atom. The Bertz CT molecular complexity index is 161. The maximum atomic E-state index is 5.88. The van der Waals surface area contributed by atoms with E-state index in [-0.39, 0.29) is 0 Å². The molecule has 0 aliphatic heterocycles. The number of hydrogen-bond donors (Lipinski definition) is 1. The Labute approximate surface area is 82.4 Å². The van der Waals surface area contributed by atoms with Crippen LogP contribution < -0.4 is 5.73 Å². The third kappa shape index (κ3) is 4.47. The smallest absolute Gasteiger partial charge is 0.0226 e. The largest absolute Gasteiger partial charge is 0.324 e. The van der Waals surface area contributed by atoms with Crippen LogP contribution in [0.2, 0.25) is 0 Å². The first-order valence-electron chi connectivity index (χ1n) is 5.78. The van der Waals surface area contributed by atoms with E-state index in [0.29, 0.717) is 6.04 Å². The van der Waals surface area contributed by atoms with Gasteiger partial charge < -0.3 is 5.73 Å². The normalized spacial score (nSPS) is 22.9. The predicted molar refractivity (Wildman–Crippen MR) is 58.7 cm³/mol. The van der Waals surface area contributed by atoms with Crippen LogP contribution in [0.4, 0.5) is 0 Å². The molecular weight excluding hydrogens is 158 g/mol. The molecule has 1 aliphatic rings. The monoisotopic (exact) mass is 181 g/mol. The van der Waals surface area contributed by atoms with Crippen molar-refractivity contribution in [2.24, 2.45) is 5.73 Å². The first-order valence-corrected chi connectivity index (χ1v) is 5.78. The molecule has 0 aromatic heterocycles. The Kier molecular flexibility index (Phi) is 5.14. The third-order valence-corrected chi connectivity index (χ3v) is 2.84. The fraction of sp³-hybridized carbons (Fsp3) is 0.833. The van der Waals surface area contributed by atoms with Crippen LogP contribution in [0.25, 0.3) is 0 Å². The summed E-state index contributed by atoms with van der Waals surface area (Å²) in [6.07, 6.45) is 12.9. The highest BCUT2D eigenvalue weighted by atomic mass is 14.6. The predicted octanol–water partition coefficient (Wildman–Crippen LogP) is 3.39. The molecule has 2 N–H and O–H groups in total. The SMILES string of the molecule is CCCCCCC1=CC(N)CCC1. The van der Waals surface area contributed by atoms with Crippen molar-refractivity contribution >= 4 is 0 Å². The standard InChI is InChI=1S/C12H23N/c1-2-3-4-5-7-11-8-6-9-12(13)10-11/h10,12H,2-9,13H2,1H3. The van der Waals surface area contributed by atoms with E-state index in [2.05, 4.69) is 13.0 Å². The van der Waals surface area contributed by atoms with Crippen molar-refractivity contribution in [3.05, 3.63) is 11.6 Å². The maximum absolute atomic E-state index is 5.88. The van der Waals surface area contributed by atoms with Gasteiger partial charge in [0.15, 0.2) is 0 Å². The molecule has 0 saturated heterocycles. The molecule has 0 spiro atoms. The van der Waals surface area contributed by atoms with Crippen LogP contribution in [0.5, 0.6) is 0 Å². The summed E-state index contributed by atoms with van der Waals surface area (Å²) in [5.41, 5.74) is 7.50. The minimum absolute atomic E-state index is 0.356. The summed E-state index contributed by atoms with van der Waals surface area (Å²) in [7, 11) is 0. The lowest BCUT2D eigenvalue weighted by Gasteiger charge is -2.17. The minimum Gasteiger partial charge on any atom is -0.324 e. The second kappa shape index (κ2) is 6.20. The van der Waals surface area contributed by atoms with Crippen molar-refractivity contribution in [3.63, 3.8) is 0 Å². The Morgan fingerprint density at radius 1 is 1.38 bits per heavy atom. The van der Waals surface area contributed by atoms with Crippen LogP contribution in [0.3, 0.4) is 0 Å². The van der Waals surface area contributed by atoms with E-state index in [1.165, 1.54) is 51.4 Å². The number of nitrogens with two attached hydrogens (primary N) is 1. The summed E-state index contributed by atoms with van der Waals surface area (Å²) < 4.78 is 0. The van der Waals surface area contributed by atoms with E-state index in [9.17, 15) is 0 Å². The molecule has 1 rings (SSSR count). The number of allylic oxidation sites excluding steroid dienone is 1. The van der Waals surface area contributed by atoms with Crippen molar-refractivity contribution in [1.29, 1.82) is 0 Å². The molecule has 0 aromatic rings. The Morgan fingerprint density at radius 3 is 2.92 bits per heavy atom. The van der Waals surface area contributed by atoms with Crippen LogP contribution in [0.15, 0.2) is 11.6 Å². The van der Waals surface area contributed by atoms with E-state index < -0.39 is 0 Å². The van der Waals surface area contributed by atoms with Crippen molar-refractivity contribution in [1.82, 2.24) is 0 Å². The van der Waals surface area contributed by atoms with Gasteiger partial charge >= 0.3 is 0 Å². The van der Waals surface area contributed by atoms with Gasteiger partial charge in [0.1, 0.15) is 0 Å². The summed E-state index contributed by atoms with van der Waals surface area (Å²) in [6.45, 7) is 2.26. The molecule has 0 aromatic carbocycles. The van der Waals surface area contributed by atoms with Crippen molar-refractivity contribution < 1.29 is 0 Å². The average Bonchev–Trinajstić information content (AvgIpc) is 2.13. The molecule has 1 nitrogen and oxygen atoms in total. The Balaban J connectivity index is 2.13. The molecule has 1 aliphatic carbocycles. The van der Waals surface area contributed by atoms with E-state index in [1.807, 2.05) is 0 Å². The first-order chi connectivity index (χ1) is 6.33. The fourth-order valence-electron chi connectivity index (χ4n) is 2.02. The molecule has 0 saturated carbocycles. The number of hydrogen-bond acceptors (Lipinski definition) is 1. The lowest BCUT2D eigenvalue weighted by atomic mass is 9.92. The zero-order chi connectivity index (χ0) is 9.52. The second-order valence-electron chi connectivity index (χ2n) is 4.19. The molecule has 76 valence electrons. The van der Waals surface area contributed by atoms with E-state index in [0.717, 1.165) is 0 Å². The lowest BCUT2D eigenvalue weighted by molar-refractivity contribution is 0.588. The highest BCUT2D eigenvalue weighted by Gasteiger charge is 2.08. The molecule has 0 fully saturated rings. The van der Waals surface area contributed by atoms with Gasteiger partial charge in [-0.1, -0.05) is 37.8 Å². The molecule has 13 heavy (non-hydrogen) atoms. The topological polar surface area (TPSA) is 26.0 Å². The number of unbranched alkanes of at least 4 members (excludes halogenated alkanes) is 3. The zero-order valence-electron chi connectivity index (χ0n) is 8.89. The quantitative estimate of drug-likeness (QED) is 0.510. The van der Waals surface area contributed by atoms with E-state index >= 15 is 0 Å². The molecular formula is C12H23N. The molecule has 0 amide bonds. The number of rotatable bonds is 5. The van der Waals surface area contributed by atoms with Gasteiger partial charge in [0.25, 0.3) is 0 Å². The maximum Gasteiger partial charge on any atom is 0.0226 e. The minimum atomic E-state index is 0.356. The van der Waals surface area contributed by atoms with Crippen LogP contribution in [-0.2, 0) is 0 Å². The van der Waals surface area contributed by atoms with E-state index in [1.54, 1.807) is 5.57 Å². The van der Waals surface area contributed by atoms with Crippen LogP contribution >= 0.6 is 0 Å². The van der Waals surface area contributed by atoms with Gasteiger partial charge in [-0.05, 0) is 32.1 Å². The highest BCUT2D eigenvalue weighted by molar-refractivity contribution is 5.09. The summed E-state index contributed by atoms with van der Waals surface area (Å²) in [5, 5.41) is 0. The van der Waals surface area contributed by atoms with Crippen molar-refractivity contribution in [2.75, 3.05) is 0 Å². The van der Waals surface area contributed by atoms with Gasteiger partial charge in [0, 0.05) is 6.04 Å². The molecule has 1 atom stereocenters. The van der Waals surface area contributed by atoms with Gasteiger partial charge in [-0.25, -0.2) is 0 Å². The molecule has 1 unspecified atom stereocenters. The average molecular weight is 181 g/mol. The van der Waals surface area contributed by atoms with Gasteiger partial charge in [-0.2, -0.15) is 0 Å². The van der Waals surface area contributed by atoms with Gasteiger partial charge in [-0.15, -0.1) is 0 Å². The fourth-order valence-corrected chi connectivity index (χ4v) is 2.02. The molecule has 0 heterocycles. The summed E-state index contributed by atoms with van der Waals surface area (Å²) >= 11 is 0. The van der Waals surface area contributed by atoms with Gasteiger partial charge in [0.2, 0.25) is 0 Å². The van der Waals surface area contributed by atoms with E-state index in [4.69, 9.17) is 5.73 Å². The van der Waals surface area contributed by atoms with Gasteiger partial charge in [-0.3, -0.25) is 0 Å². The molecule has 0 bridgehead atoms. The zero-order valence-corrected chi connectivity index (χ0v) is 8.89. The summed E-state index contributed by atoms with van der Waals surface area (Å²) in [5.74, 6) is 0. The molecule has 1 heteroatoms. The first kappa shape index (κ1) is 10.8. The van der Waals surface area contributed by atoms with Crippen molar-refractivity contribution in [3.8, 4) is 0 Å². The lowest BCUT2D eigenvalue weighted by Crippen LogP contribution is -2.20. The summed E-state index contributed by atoms with van der Waals surface area (Å²) in [6, 6.07) is 0.356. The Hall–Kier alpha value is -0.300. The van der Waals surface area contributed by atoms with Gasteiger partial charge in [0.05, 0.1) is 0 Å². The van der Waals surface area contributed by atoms with Crippen LogP contribution in [0.1, 0.15) is 58.3 Å². The second-order valence-corrected chi connectivity index (χ2v) is 4.19. The summed E-state index contributed by atoms with van der Waals surface area (Å²) in [4.78, 5) is 0. The van der Waals surface area contributed by atoms with Crippen molar-refractivity contribution in [2.45, 2.75) is 64.3 Å². The molecule has 0 radical (unpaired) electrons.